The van der Waals surface area contributed by atoms with Crippen LogP contribution in [0.4, 0.5) is 8.78 Å². The number of morpholine rings is 2. The minimum atomic E-state index is -0.896. The number of halogens is 2. The number of rotatable bonds is 7. The van der Waals surface area contributed by atoms with Crippen molar-refractivity contribution in [3.63, 3.8) is 0 Å². The minimum absolute atomic E-state index is 0.0243. The van der Waals surface area contributed by atoms with Gasteiger partial charge in [-0.3, -0.25) is 9.69 Å². The Morgan fingerprint density at radius 2 is 1.75 bits per heavy atom. The van der Waals surface area contributed by atoms with E-state index in [0.717, 1.165) is 0 Å². The molecule has 0 aliphatic carbocycles. The molecule has 0 N–H and O–H groups in total. The third-order valence-electron chi connectivity index (χ3n) is 5.83. The summed E-state index contributed by atoms with van der Waals surface area (Å²) in [6.07, 6.45) is 0.141. The summed E-state index contributed by atoms with van der Waals surface area (Å²) < 4.78 is 44.9. The first kappa shape index (κ1) is 22.6. The molecular formula is C24H28F2N2O4. The number of amides is 1. The zero-order valence-corrected chi connectivity index (χ0v) is 18.0. The van der Waals surface area contributed by atoms with Crippen molar-refractivity contribution in [2.45, 2.75) is 18.6 Å². The van der Waals surface area contributed by atoms with Crippen LogP contribution in [-0.4, -0.2) is 73.9 Å². The predicted molar refractivity (Wildman–Crippen MR) is 114 cm³/mol. The Balaban J connectivity index is 1.49. The molecule has 0 unspecified atom stereocenters. The number of carbonyl (C=O) groups is 1. The van der Waals surface area contributed by atoms with Crippen LogP contribution in [0.2, 0.25) is 0 Å². The smallest absolute Gasteiger partial charge is 0.225 e. The number of hydrogen-bond donors (Lipinski definition) is 0. The molecule has 172 valence electrons. The van der Waals surface area contributed by atoms with E-state index in [9.17, 15) is 13.6 Å². The average molecular weight is 446 g/mol. The Bertz CT molecular complexity index is 905. The van der Waals surface area contributed by atoms with Crippen LogP contribution in [0, 0.1) is 11.6 Å². The van der Waals surface area contributed by atoms with Crippen LogP contribution in [0.1, 0.15) is 12.0 Å². The summed E-state index contributed by atoms with van der Waals surface area (Å²) in [5.74, 6) is -0.126. The van der Waals surface area contributed by atoms with Crippen molar-refractivity contribution in [3.8, 4) is 5.75 Å². The zero-order chi connectivity index (χ0) is 22.4. The lowest BCUT2D eigenvalue weighted by molar-refractivity contribution is -0.159. The highest BCUT2D eigenvalue weighted by atomic mass is 19.1. The molecule has 4 rings (SSSR count). The first-order valence-electron chi connectivity index (χ1n) is 10.9. The zero-order valence-electron chi connectivity index (χ0n) is 18.0. The van der Waals surface area contributed by atoms with Crippen LogP contribution < -0.4 is 4.74 Å². The van der Waals surface area contributed by atoms with Gasteiger partial charge in [0.2, 0.25) is 5.91 Å². The highest BCUT2D eigenvalue weighted by molar-refractivity contribution is 5.77. The molecule has 1 amide bonds. The van der Waals surface area contributed by atoms with Gasteiger partial charge in [-0.1, -0.05) is 18.2 Å². The van der Waals surface area contributed by atoms with Gasteiger partial charge >= 0.3 is 0 Å². The fourth-order valence-electron chi connectivity index (χ4n) is 4.12. The summed E-state index contributed by atoms with van der Waals surface area (Å²) >= 11 is 0. The van der Waals surface area contributed by atoms with E-state index in [2.05, 4.69) is 4.90 Å². The molecule has 2 saturated heterocycles. The fourth-order valence-corrected chi connectivity index (χ4v) is 4.12. The summed E-state index contributed by atoms with van der Waals surface area (Å²) in [6, 6.07) is 12.4. The second-order valence-electron chi connectivity index (χ2n) is 8.25. The van der Waals surface area contributed by atoms with E-state index in [4.69, 9.17) is 14.2 Å². The van der Waals surface area contributed by atoms with Crippen LogP contribution >= 0.6 is 0 Å². The third-order valence-corrected chi connectivity index (χ3v) is 5.83. The van der Waals surface area contributed by atoms with Crippen molar-refractivity contribution in [2.24, 2.45) is 0 Å². The standard InChI is InChI=1S/C24H28F2N2O4/c25-20-5-7-21(8-6-20)31-18-24(15-23(29)28-10-12-30-13-11-28)17-27(9-14-32-24)16-19-3-1-2-4-22(19)26/h1-8H,9-18H2/t24-/m0/s1. The molecule has 0 radical (unpaired) electrons. The highest BCUT2D eigenvalue weighted by Crippen LogP contribution is 2.27. The van der Waals surface area contributed by atoms with Crippen molar-refractivity contribution in [2.75, 3.05) is 52.6 Å². The van der Waals surface area contributed by atoms with Crippen molar-refractivity contribution >= 4 is 5.91 Å². The van der Waals surface area contributed by atoms with Gasteiger partial charge in [0.25, 0.3) is 0 Å². The Morgan fingerprint density at radius 1 is 1.00 bits per heavy atom. The van der Waals surface area contributed by atoms with E-state index in [1.165, 1.54) is 18.2 Å². The molecule has 1 atom stereocenters. The van der Waals surface area contributed by atoms with Crippen LogP contribution in [0.25, 0.3) is 0 Å². The third kappa shape index (κ3) is 5.82. The number of ether oxygens (including phenoxy) is 3. The van der Waals surface area contributed by atoms with E-state index >= 15 is 0 Å². The molecule has 2 aliphatic heterocycles. The lowest BCUT2D eigenvalue weighted by Crippen LogP contribution is -2.57. The lowest BCUT2D eigenvalue weighted by atomic mass is 9.96. The molecular weight excluding hydrogens is 418 g/mol. The summed E-state index contributed by atoms with van der Waals surface area (Å²) in [6.45, 7) is 4.12. The molecule has 2 aliphatic rings. The largest absolute Gasteiger partial charge is 0.491 e. The maximum atomic E-state index is 14.2. The van der Waals surface area contributed by atoms with E-state index in [1.54, 1.807) is 29.2 Å². The maximum Gasteiger partial charge on any atom is 0.225 e. The summed E-state index contributed by atoms with van der Waals surface area (Å²) in [5.41, 5.74) is -0.296. The van der Waals surface area contributed by atoms with Gasteiger partial charge in [0.15, 0.2) is 0 Å². The normalized spacial score (nSPS) is 22.0. The first-order valence-corrected chi connectivity index (χ1v) is 10.9. The summed E-state index contributed by atoms with van der Waals surface area (Å²) in [4.78, 5) is 16.9. The first-order chi connectivity index (χ1) is 15.5. The van der Waals surface area contributed by atoms with Gasteiger partial charge in [0.1, 0.15) is 29.6 Å². The fraction of sp³-hybridized carbons (Fsp3) is 0.458. The van der Waals surface area contributed by atoms with Gasteiger partial charge in [-0.25, -0.2) is 8.78 Å². The van der Waals surface area contributed by atoms with Gasteiger partial charge < -0.3 is 19.1 Å². The molecule has 2 heterocycles. The minimum Gasteiger partial charge on any atom is -0.491 e. The Hall–Kier alpha value is -2.55. The molecule has 6 nitrogen and oxygen atoms in total. The van der Waals surface area contributed by atoms with E-state index < -0.39 is 5.60 Å². The van der Waals surface area contributed by atoms with Crippen molar-refractivity contribution in [1.29, 1.82) is 0 Å². The average Bonchev–Trinajstić information content (AvgIpc) is 2.81. The molecule has 2 fully saturated rings. The quantitative estimate of drug-likeness (QED) is 0.655. The van der Waals surface area contributed by atoms with Crippen molar-refractivity contribution in [3.05, 3.63) is 65.7 Å². The second kappa shape index (κ2) is 10.4. The highest BCUT2D eigenvalue weighted by Gasteiger charge is 2.41. The SMILES string of the molecule is O=C(C[C@@]1(COc2ccc(F)cc2)CN(Cc2ccccc2F)CCO1)N1CCOCC1. The summed E-state index contributed by atoms with van der Waals surface area (Å²) in [5, 5.41) is 0. The van der Waals surface area contributed by atoms with Gasteiger partial charge in [-0.15, -0.1) is 0 Å². The molecule has 2 aromatic carbocycles. The second-order valence-corrected chi connectivity index (χ2v) is 8.25. The van der Waals surface area contributed by atoms with Crippen LogP contribution in [0.3, 0.4) is 0 Å². The molecule has 32 heavy (non-hydrogen) atoms. The monoisotopic (exact) mass is 446 g/mol. The lowest BCUT2D eigenvalue weighted by Gasteiger charge is -2.43. The van der Waals surface area contributed by atoms with E-state index in [0.29, 0.717) is 63.9 Å². The van der Waals surface area contributed by atoms with Crippen LogP contribution in [-0.2, 0) is 20.8 Å². The van der Waals surface area contributed by atoms with E-state index in [-0.39, 0.29) is 30.6 Å². The van der Waals surface area contributed by atoms with Gasteiger partial charge in [-0.2, -0.15) is 0 Å². The molecule has 0 bridgehead atoms. The van der Waals surface area contributed by atoms with Gasteiger partial charge in [0, 0.05) is 38.3 Å². The number of nitrogens with zero attached hydrogens (tertiary/aromatic N) is 2. The molecule has 8 heteroatoms. The topological polar surface area (TPSA) is 51.2 Å². The molecule has 0 spiro atoms. The predicted octanol–water partition coefficient (Wildman–Crippen LogP) is 2.86. The van der Waals surface area contributed by atoms with Crippen molar-refractivity contribution in [1.82, 2.24) is 9.80 Å². The van der Waals surface area contributed by atoms with E-state index in [1.807, 2.05) is 6.07 Å². The van der Waals surface area contributed by atoms with Gasteiger partial charge in [0.05, 0.1) is 26.2 Å². The number of carbonyl (C=O) groups excluding carboxylic acids is 1. The molecule has 2 aromatic rings. The Kier molecular flexibility index (Phi) is 7.34. The Morgan fingerprint density at radius 3 is 2.50 bits per heavy atom. The van der Waals surface area contributed by atoms with Crippen LogP contribution in [0.5, 0.6) is 5.75 Å². The molecule has 0 saturated carbocycles. The summed E-state index contributed by atoms with van der Waals surface area (Å²) in [7, 11) is 0. The molecule has 0 aromatic heterocycles. The Labute approximate surface area is 186 Å². The number of benzene rings is 2. The maximum absolute atomic E-state index is 14.2. The van der Waals surface area contributed by atoms with Crippen LogP contribution in [0.15, 0.2) is 48.5 Å². The van der Waals surface area contributed by atoms with Crippen molar-refractivity contribution < 1.29 is 27.8 Å². The van der Waals surface area contributed by atoms with Gasteiger partial charge in [-0.05, 0) is 30.3 Å². The number of hydrogen-bond acceptors (Lipinski definition) is 5.